The van der Waals surface area contributed by atoms with Crippen molar-refractivity contribution in [2.75, 3.05) is 20.8 Å². The van der Waals surface area contributed by atoms with Crippen LogP contribution < -0.4 is 14.8 Å². The summed E-state index contributed by atoms with van der Waals surface area (Å²) in [5, 5.41) is 13.2. The van der Waals surface area contributed by atoms with Crippen molar-refractivity contribution in [3.8, 4) is 17.2 Å². The molecule has 0 saturated carbocycles. The number of hydrogen-bond donors (Lipinski definition) is 2. The highest BCUT2D eigenvalue weighted by Gasteiger charge is 2.16. The number of phenolic OH excluding ortho intramolecular Hbond substituents is 1. The Bertz CT molecular complexity index is 697. The highest BCUT2D eigenvalue weighted by Crippen LogP contribution is 2.34. The van der Waals surface area contributed by atoms with Gasteiger partial charge in [-0.05, 0) is 60.7 Å². The fourth-order valence-electron chi connectivity index (χ4n) is 3.25. The minimum absolute atomic E-state index is 0.340. The zero-order valence-electron chi connectivity index (χ0n) is 13.7. The van der Waals surface area contributed by atoms with Crippen LogP contribution in [0.25, 0.3) is 0 Å². The molecular weight excluding hydrogens is 290 g/mol. The van der Waals surface area contributed by atoms with E-state index in [1.54, 1.807) is 20.3 Å². The van der Waals surface area contributed by atoms with Crippen molar-refractivity contribution < 1.29 is 14.6 Å². The summed E-state index contributed by atoms with van der Waals surface area (Å²) in [7, 11) is 3.36. The molecule has 0 unspecified atom stereocenters. The summed E-state index contributed by atoms with van der Waals surface area (Å²) in [6.07, 6.45) is 2.80. The molecule has 1 aliphatic rings. The van der Waals surface area contributed by atoms with Gasteiger partial charge in [-0.15, -0.1) is 0 Å². The molecule has 0 aromatic heterocycles. The van der Waals surface area contributed by atoms with Gasteiger partial charge in [-0.3, -0.25) is 0 Å². The van der Waals surface area contributed by atoms with Crippen molar-refractivity contribution in [1.82, 2.24) is 5.32 Å². The van der Waals surface area contributed by atoms with Crippen LogP contribution in [0.4, 0.5) is 0 Å². The van der Waals surface area contributed by atoms with Gasteiger partial charge in [-0.1, -0.05) is 12.1 Å². The number of aromatic hydroxyl groups is 1. The number of methoxy groups -OCH3 is 2. The summed E-state index contributed by atoms with van der Waals surface area (Å²) in [6.45, 7) is 1.61. The Balaban J connectivity index is 1.97. The first-order chi connectivity index (χ1) is 11.2. The first-order valence-electron chi connectivity index (χ1n) is 7.97. The van der Waals surface area contributed by atoms with Crippen molar-refractivity contribution >= 4 is 0 Å². The number of nitrogens with one attached hydrogen (secondary N) is 1. The zero-order valence-corrected chi connectivity index (χ0v) is 13.7. The van der Waals surface area contributed by atoms with Crippen molar-refractivity contribution in [3.63, 3.8) is 0 Å². The van der Waals surface area contributed by atoms with Crippen LogP contribution in [0.2, 0.25) is 0 Å². The Kier molecular flexibility index (Phi) is 4.72. The molecule has 4 heteroatoms. The minimum atomic E-state index is 0.340. The van der Waals surface area contributed by atoms with E-state index in [2.05, 4.69) is 11.4 Å². The second-order valence-corrected chi connectivity index (χ2v) is 5.82. The molecular formula is C19H23NO3. The first-order valence-corrected chi connectivity index (χ1v) is 7.97. The topological polar surface area (TPSA) is 50.7 Å². The van der Waals surface area contributed by atoms with Crippen LogP contribution in [0.15, 0.2) is 30.3 Å². The van der Waals surface area contributed by atoms with E-state index in [4.69, 9.17) is 9.47 Å². The van der Waals surface area contributed by atoms with E-state index in [0.29, 0.717) is 5.75 Å². The third-order valence-corrected chi connectivity index (χ3v) is 4.47. The number of rotatable bonds is 2. The molecule has 0 aliphatic carbocycles. The molecule has 0 atom stereocenters. The molecule has 2 aromatic rings. The quantitative estimate of drug-likeness (QED) is 0.895. The van der Waals surface area contributed by atoms with Gasteiger partial charge in [0, 0.05) is 12.1 Å². The Morgan fingerprint density at radius 2 is 1.70 bits per heavy atom. The number of fused-ring (bicyclic) bond motifs is 2. The number of aryl methyl sites for hydroxylation is 2. The van der Waals surface area contributed by atoms with E-state index in [-0.39, 0.29) is 0 Å². The van der Waals surface area contributed by atoms with E-state index in [9.17, 15) is 5.11 Å². The number of hydrogen-bond acceptors (Lipinski definition) is 4. The maximum atomic E-state index is 9.71. The fourth-order valence-corrected chi connectivity index (χ4v) is 3.25. The number of ether oxygens (including phenoxy) is 2. The normalized spacial score (nSPS) is 14.5. The van der Waals surface area contributed by atoms with Crippen molar-refractivity contribution in [2.45, 2.75) is 25.8 Å². The predicted octanol–water partition coefficient (Wildman–Crippen LogP) is 2.84. The monoisotopic (exact) mass is 313 g/mol. The van der Waals surface area contributed by atoms with Crippen molar-refractivity contribution in [1.29, 1.82) is 0 Å². The summed E-state index contributed by atoms with van der Waals surface area (Å²) in [5.74, 6) is 1.94. The van der Waals surface area contributed by atoms with E-state index in [1.807, 2.05) is 18.2 Å². The van der Waals surface area contributed by atoms with Crippen LogP contribution in [-0.4, -0.2) is 25.9 Å². The lowest BCUT2D eigenvalue weighted by molar-refractivity contribution is 0.350. The van der Waals surface area contributed by atoms with Gasteiger partial charge < -0.3 is 19.9 Å². The van der Waals surface area contributed by atoms with Gasteiger partial charge in [0.25, 0.3) is 0 Å². The minimum Gasteiger partial charge on any atom is -0.508 e. The Hall–Kier alpha value is -2.20. The molecule has 1 aliphatic heterocycles. The highest BCUT2D eigenvalue weighted by atomic mass is 16.5. The third kappa shape index (κ3) is 3.27. The Labute approximate surface area is 137 Å². The van der Waals surface area contributed by atoms with Crippen LogP contribution >= 0.6 is 0 Å². The lowest BCUT2D eigenvalue weighted by atomic mass is 9.94. The van der Waals surface area contributed by atoms with Crippen LogP contribution in [0, 0.1) is 0 Å². The lowest BCUT2D eigenvalue weighted by Gasteiger charge is -2.20. The largest absolute Gasteiger partial charge is 0.508 e. The first kappa shape index (κ1) is 15.7. The van der Waals surface area contributed by atoms with Crippen LogP contribution in [0.1, 0.15) is 22.3 Å². The molecule has 0 spiro atoms. The van der Waals surface area contributed by atoms with Crippen LogP contribution in [-0.2, 0) is 25.8 Å². The molecule has 2 aromatic carbocycles. The van der Waals surface area contributed by atoms with Gasteiger partial charge in [0.1, 0.15) is 5.75 Å². The maximum absolute atomic E-state index is 9.71. The van der Waals surface area contributed by atoms with Gasteiger partial charge >= 0.3 is 0 Å². The molecule has 1 heterocycles. The second-order valence-electron chi connectivity index (χ2n) is 5.82. The van der Waals surface area contributed by atoms with Crippen molar-refractivity contribution in [2.24, 2.45) is 0 Å². The van der Waals surface area contributed by atoms with Crippen LogP contribution in [0.3, 0.4) is 0 Å². The van der Waals surface area contributed by atoms with E-state index in [1.165, 1.54) is 22.3 Å². The molecule has 0 fully saturated rings. The average Bonchev–Trinajstić information content (AvgIpc) is 2.57. The highest BCUT2D eigenvalue weighted by molar-refractivity contribution is 5.51. The smallest absolute Gasteiger partial charge is 0.165 e. The fraction of sp³-hybridized carbons (Fsp3) is 0.368. The van der Waals surface area contributed by atoms with Crippen molar-refractivity contribution in [3.05, 3.63) is 52.6 Å². The molecule has 0 amide bonds. The zero-order chi connectivity index (χ0) is 16.2. The number of benzene rings is 2. The lowest BCUT2D eigenvalue weighted by Crippen LogP contribution is -2.20. The molecule has 4 nitrogen and oxygen atoms in total. The summed E-state index contributed by atoms with van der Waals surface area (Å²) in [5.41, 5.74) is 4.97. The Morgan fingerprint density at radius 1 is 0.913 bits per heavy atom. The average molecular weight is 313 g/mol. The van der Waals surface area contributed by atoms with E-state index < -0.39 is 0 Å². The third-order valence-electron chi connectivity index (χ3n) is 4.47. The van der Waals surface area contributed by atoms with Crippen LogP contribution in [0.5, 0.6) is 17.2 Å². The molecule has 0 saturated heterocycles. The van der Waals surface area contributed by atoms with E-state index in [0.717, 1.165) is 43.9 Å². The maximum Gasteiger partial charge on any atom is 0.165 e. The van der Waals surface area contributed by atoms with Gasteiger partial charge in [0.2, 0.25) is 0 Å². The summed E-state index contributed by atoms with van der Waals surface area (Å²) in [4.78, 5) is 0. The molecule has 2 N–H and O–H groups in total. The Morgan fingerprint density at radius 3 is 2.48 bits per heavy atom. The molecule has 0 radical (unpaired) electrons. The van der Waals surface area contributed by atoms with Gasteiger partial charge in [-0.25, -0.2) is 0 Å². The predicted molar refractivity (Wildman–Crippen MR) is 90.5 cm³/mol. The van der Waals surface area contributed by atoms with Gasteiger partial charge in [0.05, 0.1) is 14.2 Å². The SMILES string of the molecule is COc1ccc2c(c1OC)CNCCc1cc(O)ccc1CC2. The standard InChI is InChI=1S/C19H23NO3/c1-22-18-8-6-14-4-3-13-5-7-16(21)11-15(13)9-10-20-12-17(14)19(18)23-2/h5-8,11,20-21H,3-4,9-10,12H2,1-2H3. The molecule has 23 heavy (non-hydrogen) atoms. The summed E-state index contributed by atoms with van der Waals surface area (Å²) in [6, 6.07) is 9.79. The molecule has 0 bridgehead atoms. The summed E-state index contributed by atoms with van der Waals surface area (Å²) < 4.78 is 11.0. The molecule has 122 valence electrons. The van der Waals surface area contributed by atoms with Gasteiger partial charge in [0.15, 0.2) is 11.5 Å². The number of phenols is 1. The van der Waals surface area contributed by atoms with E-state index >= 15 is 0 Å². The second kappa shape index (κ2) is 6.92. The van der Waals surface area contributed by atoms with Gasteiger partial charge in [-0.2, -0.15) is 0 Å². The molecule has 3 rings (SSSR count). The summed E-state index contributed by atoms with van der Waals surface area (Å²) >= 11 is 0.